The number of benzene rings is 2. The normalized spacial score (nSPS) is 11.3. The summed E-state index contributed by atoms with van der Waals surface area (Å²) in [6.07, 6.45) is 0. The van der Waals surface area contributed by atoms with E-state index < -0.39 is 8.07 Å². The highest BCUT2D eigenvalue weighted by atomic mass is 31.1. The van der Waals surface area contributed by atoms with Crippen LogP contribution in [0.1, 0.15) is 25.0 Å². The van der Waals surface area contributed by atoms with Gasteiger partial charge in [-0.3, -0.25) is 4.67 Å². The van der Waals surface area contributed by atoms with Crippen LogP contribution >= 0.6 is 8.07 Å². The lowest BCUT2D eigenvalue weighted by molar-refractivity contribution is 0.514. The van der Waals surface area contributed by atoms with Crippen LogP contribution in [0.15, 0.2) is 48.5 Å². The van der Waals surface area contributed by atoms with Gasteiger partial charge in [-0.1, -0.05) is 73.5 Å². The molecule has 0 aliphatic rings. The number of nitrogens with zero attached hydrogens (tertiary/aromatic N) is 1. The molecule has 0 aromatic heterocycles. The van der Waals surface area contributed by atoms with Crippen molar-refractivity contribution in [3.05, 3.63) is 59.7 Å². The molecule has 106 valence electrons. The Morgan fingerprint density at radius 2 is 1.05 bits per heavy atom. The van der Waals surface area contributed by atoms with Gasteiger partial charge in [0.15, 0.2) is 0 Å². The van der Waals surface area contributed by atoms with Crippen LogP contribution in [0.4, 0.5) is 0 Å². The first-order valence-electron chi connectivity index (χ1n) is 7.34. The zero-order valence-electron chi connectivity index (χ0n) is 12.9. The highest BCUT2D eigenvalue weighted by molar-refractivity contribution is 7.70. The summed E-state index contributed by atoms with van der Waals surface area (Å²) in [7, 11) is -0.406. The van der Waals surface area contributed by atoms with Crippen LogP contribution in [0.25, 0.3) is 0 Å². The third kappa shape index (κ3) is 3.48. The lowest BCUT2D eigenvalue weighted by Crippen LogP contribution is -2.28. The molecule has 0 atom stereocenters. The minimum atomic E-state index is -0.406. The predicted molar refractivity (Wildman–Crippen MR) is 91.5 cm³/mol. The van der Waals surface area contributed by atoms with Crippen molar-refractivity contribution >= 4 is 18.7 Å². The van der Waals surface area contributed by atoms with Crippen molar-refractivity contribution in [2.45, 2.75) is 27.7 Å². The van der Waals surface area contributed by atoms with Crippen molar-refractivity contribution in [1.29, 1.82) is 0 Å². The van der Waals surface area contributed by atoms with Gasteiger partial charge in [0, 0.05) is 8.07 Å². The molecule has 0 heterocycles. The molecule has 0 saturated carbocycles. The largest absolute Gasteiger partial charge is 0.275 e. The minimum Gasteiger partial charge on any atom is -0.275 e. The van der Waals surface area contributed by atoms with Gasteiger partial charge in [-0.25, -0.2) is 0 Å². The van der Waals surface area contributed by atoms with Crippen LogP contribution in [0, 0.1) is 13.8 Å². The minimum absolute atomic E-state index is 0.406. The van der Waals surface area contributed by atoms with Crippen molar-refractivity contribution in [3.63, 3.8) is 0 Å². The molecule has 0 bridgehead atoms. The molecule has 0 saturated heterocycles. The molecule has 2 rings (SSSR count). The van der Waals surface area contributed by atoms with Gasteiger partial charge in [0.2, 0.25) is 0 Å². The molecule has 0 aliphatic carbocycles. The van der Waals surface area contributed by atoms with E-state index in [0.717, 1.165) is 13.1 Å². The first-order chi connectivity index (χ1) is 9.65. The maximum atomic E-state index is 2.57. The van der Waals surface area contributed by atoms with Crippen molar-refractivity contribution in [2.75, 3.05) is 13.1 Å². The molecule has 2 aromatic carbocycles. The Morgan fingerprint density at radius 1 is 0.700 bits per heavy atom. The standard InChI is InChI=1S/C18H24NP/c1-5-19(6-2)20(17-11-7-15(3)8-12-17)18-13-9-16(4)10-14-18/h7-14H,5-6H2,1-4H3. The van der Waals surface area contributed by atoms with Gasteiger partial charge in [0.25, 0.3) is 0 Å². The van der Waals surface area contributed by atoms with Crippen LogP contribution in [0.2, 0.25) is 0 Å². The van der Waals surface area contributed by atoms with E-state index in [9.17, 15) is 0 Å². The molecule has 1 nitrogen and oxygen atoms in total. The Bertz CT molecular complexity index is 481. The second-order valence-electron chi connectivity index (χ2n) is 5.12. The Morgan fingerprint density at radius 3 is 1.35 bits per heavy atom. The summed E-state index contributed by atoms with van der Waals surface area (Å²) in [5.74, 6) is 0. The summed E-state index contributed by atoms with van der Waals surface area (Å²) in [6.45, 7) is 11.0. The van der Waals surface area contributed by atoms with Gasteiger partial charge in [0.1, 0.15) is 0 Å². The van der Waals surface area contributed by atoms with Gasteiger partial charge in [-0.2, -0.15) is 0 Å². The third-order valence-corrected chi connectivity index (χ3v) is 6.28. The maximum Gasteiger partial charge on any atom is 0.0281 e. The van der Waals surface area contributed by atoms with E-state index in [1.54, 1.807) is 0 Å². The lowest BCUT2D eigenvalue weighted by atomic mass is 10.2. The van der Waals surface area contributed by atoms with E-state index in [1.807, 2.05) is 0 Å². The van der Waals surface area contributed by atoms with Crippen LogP contribution in [0.3, 0.4) is 0 Å². The highest BCUT2D eigenvalue weighted by Crippen LogP contribution is 2.37. The smallest absolute Gasteiger partial charge is 0.0281 e. The fraction of sp³-hybridized carbons (Fsp3) is 0.333. The molecule has 0 aliphatic heterocycles. The highest BCUT2D eigenvalue weighted by Gasteiger charge is 2.19. The summed E-state index contributed by atoms with van der Waals surface area (Å²) in [6, 6.07) is 18.1. The zero-order valence-corrected chi connectivity index (χ0v) is 13.8. The summed E-state index contributed by atoms with van der Waals surface area (Å²) in [5.41, 5.74) is 2.65. The van der Waals surface area contributed by atoms with Crippen molar-refractivity contribution in [1.82, 2.24) is 4.67 Å². The Hall–Kier alpha value is -1.17. The van der Waals surface area contributed by atoms with Crippen LogP contribution in [-0.4, -0.2) is 17.8 Å². The number of rotatable bonds is 5. The topological polar surface area (TPSA) is 3.24 Å². The van der Waals surface area contributed by atoms with Crippen molar-refractivity contribution in [3.8, 4) is 0 Å². The molecular weight excluding hydrogens is 261 g/mol. The van der Waals surface area contributed by atoms with Crippen LogP contribution < -0.4 is 10.6 Å². The third-order valence-electron chi connectivity index (χ3n) is 3.57. The molecule has 0 spiro atoms. The number of hydrogen-bond donors (Lipinski definition) is 0. The van der Waals surface area contributed by atoms with Crippen LogP contribution in [-0.2, 0) is 0 Å². The van der Waals surface area contributed by atoms with E-state index in [2.05, 4.69) is 80.9 Å². The number of aryl methyl sites for hydroxylation is 2. The first-order valence-corrected chi connectivity index (χ1v) is 8.63. The van der Waals surface area contributed by atoms with Gasteiger partial charge in [0.05, 0.1) is 0 Å². The van der Waals surface area contributed by atoms with E-state index in [-0.39, 0.29) is 0 Å². The first kappa shape index (κ1) is 15.2. The summed E-state index contributed by atoms with van der Waals surface area (Å²) in [5, 5.41) is 2.89. The van der Waals surface area contributed by atoms with Gasteiger partial charge in [-0.15, -0.1) is 0 Å². The molecule has 0 fully saturated rings. The summed E-state index contributed by atoms with van der Waals surface area (Å²) < 4.78 is 2.57. The quantitative estimate of drug-likeness (QED) is 0.751. The van der Waals surface area contributed by atoms with Gasteiger partial charge >= 0.3 is 0 Å². The van der Waals surface area contributed by atoms with E-state index >= 15 is 0 Å². The van der Waals surface area contributed by atoms with Gasteiger partial charge in [-0.05, 0) is 37.5 Å². The second kappa shape index (κ2) is 7.02. The van der Waals surface area contributed by atoms with E-state index in [1.165, 1.54) is 21.7 Å². The number of hydrogen-bond acceptors (Lipinski definition) is 1. The molecule has 2 heteroatoms. The average molecular weight is 285 g/mol. The van der Waals surface area contributed by atoms with Crippen LogP contribution in [0.5, 0.6) is 0 Å². The molecular formula is C18H24NP. The van der Waals surface area contributed by atoms with Gasteiger partial charge < -0.3 is 0 Å². The lowest BCUT2D eigenvalue weighted by Gasteiger charge is -2.30. The summed E-state index contributed by atoms with van der Waals surface area (Å²) >= 11 is 0. The fourth-order valence-electron chi connectivity index (χ4n) is 2.35. The average Bonchev–Trinajstić information content (AvgIpc) is 2.47. The predicted octanol–water partition coefficient (Wildman–Crippen LogP) is 3.99. The Balaban J connectivity index is 2.43. The maximum absolute atomic E-state index is 2.57. The molecule has 0 N–H and O–H groups in total. The fourth-order valence-corrected chi connectivity index (χ4v) is 4.73. The summed E-state index contributed by atoms with van der Waals surface area (Å²) in [4.78, 5) is 0. The molecule has 2 aromatic rings. The van der Waals surface area contributed by atoms with E-state index in [4.69, 9.17) is 0 Å². The Labute approximate surface area is 124 Å². The van der Waals surface area contributed by atoms with Crippen molar-refractivity contribution in [2.24, 2.45) is 0 Å². The Kier molecular flexibility index (Phi) is 5.34. The molecule has 20 heavy (non-hydrogen) atoms. The molecule has 0 radical (unpaired) electrons. The van der Waals surface area contributed by atoms with Crippen molar-refractivity contribution < 1.29 is 0 Å². The molecule has 0 amide bonds. The van der Waals surface area contributed by atoms with E-state index in [0.29, 0.717) is 0 Å². The monoisotopic (exact) mass is 285 g/mol. The zero-order chi connectivity index (χ0) is 14.5. The molecule has 0 unspecified atom stereocenters. The SMILES string of the molecule is CCN(CC)P(c1ccc(C)cc1)c1ccc(C)cc1. The second-order valence-corrected chi connectivity index (χ2v) is 7.34.